The topological polar surface area (TPSA) is 84.0 Å². The monoisotopic (exact) mass is 435 g/mol. The lowest BCUT2D eigenvalue weighted by molar-refractivity contribution is -0.131. The van der Waals surface area contributed by atoms with Crippen LogP contribution in [0.2, 0.25) is 0 Å². The first-order valence-corrected chi connectivity index (χ1v) is 10.1. The SMILES string of the molecule is O=C(c1cccc(-c2ncn[nH]2)c1)N1CCC(F)(F)C(Oc2ccc3ccccc3n2)C1. The highest BCUT2D eigenvalue weighted by Crippen LogP contribution is 2.32. The van der Waals surface area contributed by atoms with Gasteiger partial charge in [0.25, 0.3) is 11.8 Å². The summed E-state index contributed by atoms with van der Waals surface area (Å²) in [7, 11) is 0. The lowest BCUT2D eigenvalue weighted by Crippen LogP contribution is -2.55. The molecule has 0 radical (unpaired) electrons. The minimum Gasteiger partial charge on any atom is -0.466 e. The number of rotatable bonds is 4. The Morgan fingerprint density at radius 2 is 2.00 bits per heavy atom. The third-order valence-corrected chi connectivity index (χ3v) is 5.49. The highest BCUT2D eigenvalue weighted by molar-refractivity contribution is 5.95. The first-order valence-electron chi connectivity index (χ1n) is 10.1. The molecule has 1 fully saturated rings. The second kappa shape index (κ2) is 7.99. The first kappa shape index (κ1) is 20.0. The average Bonchev–Trinajstić information content (AvgIpc) is 3.35. The number of carbonyl (C=O) groups is 1. The molecule has 1 aliphatic rings. The Morgan fingerprint density at radius 3 is 2.84 bits per heavy atom. The van der Waals surface area contributed by atoms with E-state index in [9.17, 15) is 13.6 Å². The van der Waals surface area contributed by atoms with E-state index in [2.05, 4.69) is 20.2 Å². The molecule has 162 valence electrons. The lowest BCUT2D eigenvalue weighted by atomic mass is 10.0. The van der Waals surface area contributed by atoms with Gasteiger partial charge < -0.3 is 9.64 Å². The first-order chi connectivity index (χ1) is 15.5. The lowest BCUT2D eigenvalue weighted by Gasteiger charge is -2.38. The van der Waals surface area contributed by atoms with E-state index in [0.29, 0.717) is 22.5 Å². The molecule has 7 nitrogen and oxygen atoms in total. The van der Waals surface area contributed by atoms with Crippen LogP contribution in [0.4, 0.5) is 8.78 Å². The number of fused-ring (bicyclic) bond motifs is 1. The van der Waals surface area contributed by atoms with Gasteiger partial charge in [0.15, 0.2) is 11.9 Å². The molecule has 5 rings (SSSR count). The summed E-state index contributed by atoms with van der Waals surface area (Å²) in [5.74, 6) is -2.79. The fourth-order valence-electron chi connectivity index (χ4n) is 3.76. The standard InChI is InChI=1S/C23H19F2N5O2/c24-23(25)10-11-30(22(31)17-6-3-5-16(12-17)21-26-14-27-29-21)13-19(23)32-20-9-8-15-4-1-2-7-18(15)28-20/h1-9,12,14,19H,10-11,13H2,(H,26,27,29). The third kappa shape index (κ3) is 3.89. The molecule has 1 aliphatic heterocycles. The van der Waals surface area contributed by atoms with Crippen LogP contribution in [0.15, 0.2) is 67.0 Å². The van der Waals surface area contributed by atoms with Crippen molar-refractivity contribution in [2.75, 3.05) is 13.1 Å². The highest BCUT2D eigenvalue weighted by atomic mass is 19.3. The van der Waals surface area contributed by atoms with E-state index < -0.39 is 18.4 Å². The van der Waals surface area contributed by atoms with Gasteiger partial charge in [-0.15, -0.1) is 0 Å². The summed E-state index contributed by atoms with van der Waals surface area (Å²) in [6, 6.07) is 17.5. The molecule has 1 N–H and O–H groups in total. The molecule has 2 aromatic carbocycles. The Morgan fingerprint density at radius 1 is 1.12 bits per heavy atom. The van der Waals surface area contributed by atoms with E-state index >= 15 is 0 Å². The normalized spacial score (nSPS) is 17.9. The van der Waals surface area contributed by atoms with Gasteiger partial charge in [-0.1, -0.05) is 30.3 Å². The summed E-state index contributed by atoms with van der Waals surface area (Å²) < 4.78 is 34.9. The number of para-hydroxylation sites is 1. The van der Waals surface area contributed by atoms with Crippen molar-refractivity contribution in [1.29, 1.82) is 0 Å². The number of pyridine rings is 1. The van der Waals surface area contributed by atoms with Crippen LogP contribution >= 0.6 is 0 Å². The number of benzene rings is 2. The Balaban J connectivity index is 1.36. The third-order valence-electron chi connectivity index (χ3n) is 5.49. The molecule has 3 heterocycles. The van der Waals surface area contributed by atoms with Crippen LogP contribution in [0.5, 0.6) is 5.88 Å². The van der Waals surface area contributed by atoms with Gasteiger partial charge in [-0.05, 0) is 24.3 Å². The van der Waals surface area contributed by atoms with Gasteiger partial charge in [0, 0.05) is 35.5 Å². The van der Waals surface area contributed by atoms with Crippen LogP contribution in [-0.4, -0.2) is 56.1 Å². The number of piperidine rings is 1. The second-order valence-electron chi connectivity index (χ2n) is 7.63. The van der Waals surface area contributed by atoms with Crippen molar-refractivity contribution in [2.45, 2.75) is 18.4 Å². The molecule has 0 spiro atoms. The maximum atomic E-state index is 14.6. The van der Waals surface area contributed by atoms with Crippen LogP contribution < -0.4 is 4.74 Å². The highest BCUT2D eigenvalue weighted by Gasteiger charge is 2.47. The van der Waals surface area contributed by atoms with Gasteiger partial charge in [-0.25, -0.2) is 18.7 Å². The van der Waals surface area contributed by atoms with Crippen molar-refractivity contribution < 1.29 is 18.3 Å². The summed E-state index contributed by atoms with van der Waals surface area (Å²) >= 11 is 0. The van der Waals surface area contributed by atoms with Crippen molar-refractivity contribution in [3.63, 3.8) is 0 Å². The van der Waals surface area contributed by atoms with Crippen molar-refractivity contribution in [3.8, 4) is 17.3 Å². The number of aromatic amines is 1. The minimum absolute atomic E-state index is 0.0661. The molecule has 1 saturated heterocycles. The van der Waals surface area contributed by atoms with E-state index in [1.807, 2.05) is 18.2 Å². The van der Waals surface area contributed by atoms with Gasteiger partial charge in [-0.3, -0.25) is 9.89 Å². The predicted octanol–water partition coefficient (Wildman–Crippen LogP) is 3.95. The Kier molecular flexibility index (Phi) is 5.01. The van der Waals surface area contributed by atoms with E-state index in [1.54, 1.807) is 42.5 Å². The molecule has 9 heteroatoms. The molecule has 1 amide bonds. The van der Waals surface area contributed by atoms with Gasteiger partial charge in [-0.2, -0.15) is 5.10 Å². The zero-order chi connectivity index (χ0) is 22.1. The van der Waals surface area contributed by atoms with Gasteiger partial charge in [0.1, 0.15) is 6.33 Å². The van der Waals surface area contributed by atoms with E-state index in [0.717, 1.165) is 5.39 Å². The Bertz CT molecular complexity index is 1260. The quantitative estimate of drug-likeness (QED) is 0.525. The Labute approximate surface area is 182 Å². The predicted molar refractivity (Wildman–Crippen MR) is 113 cm³/mol. The minimum atomic E-state index is -3.08. The smallest absolute Gasteiger partial charge is 0.287 e. The second-order valence-corrected chi connectivity index (χ2v) is 7.63. The number of halogens is 2. The van der Waals surface area contributed by atoms with Crippen LogP contribution in [0.25, 0.3) is 22.3 Å². The van der Waals surface area contributed by atoms with E-state index in [-0.39, 0.29) is 24.9 Å². The molecule has 4 aromatic rings. The van der Waals surface area contributed by atoms with Gasteiger partial charge in [0.2, 0.25) is 5.88 Å². The average molecular weight is 435 g/mol. The molecular formula is C23H19F2N5O2. The summed E-state index contributed by atoms with van der Waals surface area (Å²) in [5.41, 5.74) is 1.72. The summed E-state index contributed by atoms with van der Waals surface area (Å²) in [5, 5.41) is 7.44. The molecule has 0 aliphatic carbocycles. The number of aromatic nitrogens is 4. The molecule has 0 saturated carbocycles. The molecular weight excluding hydrogens is 416 g/mol. The maximum absolute atomic E-state index is 14.6. The van der Waals surface area contributed by atoms with Crippen molar-refractivity contribution in [1.82, 2.24) is 25.1 Å². The summed E-state index contributed by atoms with van der Waals surface area (Å²) in [6.07, 6.45) is -0.607. The summed E-state index contributed by atoms with van der Waals surface area (Å²) in [4.78, 5) is 22.9. The molecule has 1 atom stereocenters. The number of amides is 1. The molecule has 32 heavy (non-hydrogen) atoms. The maximum Gasteiger partial charge on any atom is 0.287 e. The number of ether oxygens (including phenoxy) is 1. The number of likely N-dealkylation sites (tertiary alicyclic amines) is 1. The fourth-order valence-corrected chi connectivity index (χ4v) is 3.76. The largest absolute Gasteiger partial charge is 0.466 e. The van der Waals surface area contributed by atoms with Crippen LogP contribution in [0.1, 0.15) is 16.8 Å². The Hall–Kier alpha value is -3.88. The number of hydrogen-bond acceptors (Lipinski definition) is 5. The number of hydrogen-bond donors (Lipinski definition) is 1. The molecule has 2 aromatic heterocycles. The number of nitrogens with one attached hydrogen (secondary N) is 1. The van der Waals surface area contributed by atoms with Crippen LogP contribution in [-0.2, 0) is 0 Å². The fraction of sp³-hybridized carbons (Fsp3) is 0.217. The molecule has 1 unspecified atom stereocenters. The van der Waals surface area contributed by atoms with Crippen LogP contribution in [0, 0.1) is 0 Å². The van der Waals surface area contributed by atoms with Crippen molar-refractivity contribution in [2.24, 2.45) is 0 Å². The van der Waals surface area contributed by atoms with Gasteiger partial charge in [0.05, 0.1) is 12.1 Å². The van der Waals surface area contributed by atoms with Crippen LogP contribution in [0.3, 0.4) is 0 Å². The van der Waals surface area contributed by atoms with E-state index in [1.165, 1.54) is 11.2 Å². The zero-order valence-electron chi connectivity index (χ0n) is 16.9. The van der Waals surface area contributed by atoms with Crippen molar-refractivity contribution in [3.05, 3.63) is 72.6 Å². The number of H-pyrrole nitrogens is 1. The van der Waals surface area contributed by atoms with E-state index in [4.69, 9.17) is 4.74 Å². The zero-order valence-corrected chi connectivity index (χ0v) is 16.9. The number of nitrogens with zero attached hydrogens (tertiary/aromatic N) is 4. The summed E-state index contributed by atoms with van der Waals surface area (Å²) in [6.45, 7) is -0.309. The van der Waals surface area contributed by atoms with Crippen molar-refractivity contribution >= 4 is 16.8 Å². The van der Waals surface area contributed by atoms with Gasteiger partial charge >= 0.3 is 0 Å². The number of alkyl halides is 2. The number of carbonyl (C=O) groups excluding carboxylic acids is 1. The molecule has 0 bridgehead atoms.